The zero-order valence-corrected chi connectivity index (χ0v) is 21.3. The Labute approximate surface area is 207 Å². The number of aromatic nitrogens is 2. The molecule has 5 heteroatoms. The van der Waals surface area contributed by atoms with Crippen molar-refractivity contribution in [1.82, 2.24) is 9.97 Å². The first-order chi connectivity index (χ1) is 16.8. The second-order valence-corrected chi connectivity index (χ2v) is 8.63. The molecule has 2 rings (SSSR count). The maximum Gasteiger partial charge on any atom is 0.159 e. The molecule has 0 amide bonds. The molecule has 0 atom stereocenters. The van der Waals surface area contributed by atoms with Crippen LogP contribution in [0, 0.1) is 0 Å². The highest BCUT2D eigenvalue weighted by Gasteiger charge is 2.03. The first-order valence-corrected chi connectivity index (χ1v) is 13.2. The Bertz CT molecular complexity index is 760. The maximum absolute atomic E-state index is 5.84. The quantitative estimate of drug-likeness (QED) is 0.146. The Morgan fingerprint density at radius 3 is 2.00 bits per heavy atom. The van der Waals surface area contributed by atoms with Gasteiger partial charge in [-0.2, -0.15) is 0 Å². The highest BCUT2D eigenvalue weighted by Crippen LogP contribution is 2.20. The Morgan fingerprint density at radius 2 is 1.29 bits per heavy atom. The normalized spacial score (nSPS) is 11.2. The minimum atomic E-state index is 0.549. The standard InChI is InChI=1S/C29H44N2O3/c1-3-5-7-9-10-11-13-22-34-28-24-30-29(31-25-28)26-16-18-27(19-17-26)33-23-15-14-21-32-20-12-8-6-4-2/h11,13,16-19,24-25H,3-10,12,14-15,20-23H2,1-2H3/b13-11+. The number of hydrogen-bond donors (Lipinski definition) is 0. The molecule has 0 saturated carbocycles. The summed E-state index contributed by atoms with van der Waals surface area (Å²) in [6, 6.07) is 7.93. The molecule has 0 unspecified atom stereocenters. The van der Waals surface area contributed by atoms with Crippen molar-refractivity contribution >= 4 is 0 Å². The molecule has 34 heavy (non-hydrogen) atoms. The van der Waals surface area contributed by atoms with Crippen molar-refractivity contribution in [2.45, 2.75) is 84.5 Å². The van der Waals surface area contributed by atoms with Gasteiger partial charge in [0.25, 0.3) is 0 Å². The summed E-state index contributed by atoms with van der Waals surface area (Å²) in [6.45, 7) is 7.42. The second kappa shape index (κ2) is 19.0. The van der Waals surface area contributed by atoms with E-state index in [1.54, 1.807) is 12.4 Å². The minimum Gasteiger partial charge on any atom is -0.494 e. The Hall–Kier alpha value is -2.40. The molecule has 1 heterocycles. The molecular formula is C29H44N2O3. The molecule has 0 aliphatic heterocycles. The van der Waals surface area contributed by atoms with Crippen molar-refractivity contribution in [3.63, 3.8) is 0 Å². The topological polar surface area (TPSA) is 53.5 Å². The number of rotatable bonds is 20. The van der Waals surface area contributed by atoms with Gasteiger partial charge in [0.2, 0.25) is 0 Å². The van der Waals surface area contributed by atoms with E-state index >= 15 is 0 Å². The summed E-state index contributed by atoms with van der Waals surface area (Å²) in [5.41, 5.74) is 0.961. The van der Waals surface area contributed by atoms with Crippen LogP contribution in [-0.2, 0) is 4.74 Å². The van der Waals surface area contributed by atoms with E-state index < -0.39 is 0 Å². The van der Waals surface area contributed by atoms with E-state index in [-0.39, 0.29) is 0 Å². The fourth-order valence-electron chi connectivity index (χ4n) is 3.49. The highest BCUT2D eigenvalue weighted by molar-refractivity contribution is 5.56. The lowest BCUT2D eigenvalue weighted by atomic mass is 10.1. The molecule has 5 nitrogen and oxygen atoms in total. The van der Waals surface area contributed by atoms with Crippen molar-refractivity contribution < 1.29 is 14.2 Å². The monoisotopic (exact) mass is 468 g/mol. The molecule has 0 N–H and O–H groups in total. The SMILES string of the molecule is CCCCCC/C=C/COc1cnc(-c2ccc(OCCCCOCCCCCC)cc2)nc1. The zero-order chi connectivity index (χ0) is 24.1. The summed E-state index contributed by atoms with van der Waals surface area (Å²) < 4.78 is 17.2. The maximum atomic E-state index is 5.84. The van der Waals surface area contributed by atoms with Crippen molar-refractivity contribution in [3.05, 3.63) is 48.8 Å². The number of allylic oxidation sites excluding steroid dienone is 1. The summed E-state index contributed by atoms with van der Waals surface area (Å²) >= 11 is 0. The van der Waals surface area contributed by atoms with Gasteiger partial charge >= 0.3 is 0 Å². The van der Waals surface area contributed by atoms with E-state index in [1.807, 2.05) is 24.3 Å². The van der Waals surface area contributed by atoms with Gasteiger partial charge in [-0.3, -0.25) is 0 Å². The van der Waals surface area contributed by atoms with Crippen LogP contribution >= 0.6 is 0 Å². The predicted molar refractivity (Wildman–Crippen MR) is 141 cm³/mol. The van der Waals surface area contributed by atoms with Crippen LogP contribution in [0.1, 0.15) is 84.5 Å². The summed E-state index contributed by atoms with van der Waals surface area (Å²) in [7, 11) is 0. The number of hydrogen-bond acceptors (Lipinski definition) is 5. The van der Waals surface area contributed by atoms with E-state index in [2.05, 4.69) is 36.0 Å². The van der Waals surface area contributed by atoms with Crippen molar-refractivity contribution in [3.8, 4) is 22.9 Å². The lowest BCUT2D eigenvalue weighted by Gasteiger charge is -2.08. The number of benzene rings is 1. The van der Waals surface area contributed by atoms with Crippen LogP contribution in [0.2, 0.25) is 0 Å². The molecule has 1 aromatic carbocycles. The van der Waals surface area contributed by atoms with Gasteiger partial charge < -0.3 is 14.2 Å². The Morgan fingerprint density at radius 1 is 0.647 bits per heavy atom. The van der Waals surface area contributed by atoms with Gasteiger partial charge in [0.1, 0.15) is 12.4 Å². The molecule has 188 valence electrons. The summed E-state index contributed by atoms with van der Waals surface area (Å²) in [5, 5.41) is 0. The average molecular weight is 469 g/mol. The molecule has 1 aromatic heterocycles. The van der Waals surface area contributed by atoms with E-state index in [1.165, 1.54) is 51.4 Å². The third kappa shape index (κ3) is 12.7. The van der Waals surface area contributed by atoms with Crippen molar-refractivity contribution in [2.75, 3.05) is 26.4 Å². The minimum absolute atomic E-state index is 0.549. The molecule has 0 saturated heterocycles. The molecular weight excluding hydrogens is 424 g/mol. The molecule has 0 fully saturated rings. The molecule has 0 aliphatic carbocycles. The number of nitrogens with zero attached hydrogens (tertiary/aromatic N) is 2. The second-order valence-electron chi connectivity index (χ2n) is 8.63. The van der Waals surface area contributed by atoms with Gasteiger partial charge in [0.05, 0.1) is 19.0 Å². The van der Waals surface area contributed by atoms with Crippen LogP contribution in [0.25, 0.3) is 11.4 Å². The third-order valence-corrected chi connectivity index (χ3v) is 5.57. The van der Waals surface area contributed by atoms with Gasteiger partial charge in [0, 0.05) is 18.8 Å². The predicted octanol–water partition coefficient (Wildman–Crippen LogP) is 7.80. The molecule has 0 aliphatic rings. The summed E-state index contributed by atoms with van der Waals surface area (Å²) in [5.74, 6) is 2.23. The van der Waals surface area contributed by atoms with Crippen molar-refractivity contribution in [2.24, 2.45) is 0 Å². The summed E-state index contributed by atoms with van der Waals surface area (Å²) in [6.07, 6.45) is 21.0. The van der Waals surface area contributed by atoms with E-state index in [0.717, 1.165) is 43.8 Å². The lowest BCUT2D eigenvalue weighted by Crippen LogP contribution is -2.02. The molecule has 0 radical (unpaired) electrons. The smallest absolute Gasteiger partial charge is 0.159 e. The highest BCUT2D eigenvalue weighted by atomic mass is 16.5. The fraction of sp³-hybridized carbons (Fsp3) is 0.586. The van der Waals surface area contributed by atoms with Crippen LogP contribution in [0.4, 0.5) is 0 Å². The van der Waals surface area contributed by atoms with Crippen LogP contribution < -0.4 is 9.47 Å². The third-order valence-electron chi connectivity index (χ3n) is 5.57. The first-order valence-electron chi connectivity index (χ1n) is 13.2. The van der Waals surface area contributed by atoms with Gasteiger partial charge in [0.15, 0.2) is 11.6 Å². The van der Waals surface area contributed by atoms with Gasteiger partial charge in [-0.15, -0.1) is 0 Å². The Balaban J connectivity index is 1.59. The van der Waals surface area contributed by atoms with Gasteiger partial charge in [-0.25, -0.2) is 9.97 Å². The largest absolute Gasteiger partial charge is 0.494 e. The van der Waals surface area contributed by atoms with Crippen molar-refractivity contribution in [1.29, 1.82) is 0 Å². The molecule has 2 aromatic rings. The number of ether oxygens (including phenoxy) is 3. The zero-order valence-electron chi connectivity index (χ0n) is 21.3. The molecule has 0 spiro atoms. The van der Waals surface area contributed by atoms with Crippen LogP contribution in [-0.4, -0.2) is 36.4 Å². The number of unbranched alkanes of at least 4 members (excludes halogenated alkanes) is 8. The van der Waals surface area contributed by atoms with E-state index in [4.69, 9.17) is 14.2 Å². The van der Waals surface area contributed by atoms with Gasteiger partial charge in [-0.05, 0) is 56.4 Å². The summed E-state index contributed by atoms with van der Waals surface area (Å²) in [4.78, 5) is 8.88. The van der Waals surface area contributed by atoms with Crippen LogP contribution in [0.5, 0.6) is 11.5 Å². The van der Waals surface area contributed by atoms with E-state index in [0.29, 0.717) is 24.8 Å². The first kappa shape index (κ1) is 27.8. The average Bonchev–Trinajstić information content (AvgIpc) is 2.87. The van der Waals surface area contributed by atoms with E-state index in [9.17, 15) is 0 Å². The van der Waals surface area contributed by atoms with Crippen LogP contribution in [0.15, 0.2) is 48.8 Å². The Kier molecular flexibility index (Phi) is 15.5. The fourth-order valence-corrected chi connectivity index (χ4v) is 3.49. The van der Waals surface area contributed by atoms with Crippen LogP contribution in [0.3, 0.4) is 0 Å². The van der Waals surface area contributed by atoms with Gasteiger partial charge in [-0.1, -0.05) is 64.5 Å². The molecule has 0 bridgehead atoms. The lowest BCUT2D eigenvalue weighted by molar-refractivity contribution is 0.122.